The molecule has 1 aliphatic rings. The molecule has 9 heteroatoms. The number of hydrogen-bond acceptors (Lipinski definition) is 5. The van der Waals surface area contributed by atoms with E-state index in [0.717, 1.165) is 29.3 Å². The van der Waals surface area contributed by atoms with Crippen molar-refractivity contribution in [1.82, 2.24) is 19.5 Å². The molecule has 3 heterocycles. The van der Waals surface area contributed by atoms with Gasteiger partial charge in [0.15, 0.2) is 17.1 Å². The standard InChI is InChI=1S/C22H25FN4O4/c1-13-21(23)22(29)27-19(24-13)12-15(25-27)16-6-4-5-9-26(16)20(28)11-14-7-8-17(30-2)18(10-14)31-3/h7-8,10,12,16,25H,4-6,9,11H2,1-3H3/t16-/m0/s1. The molecule has 164 valence electrons. The van der Waals surface area contributed by atoms with Crippen LogP contribution in [0, 0.1) is 12.7 Å². The molecule has 0 spiro atoms. The summed E-state index contributed by atoms with van der Waals surface area (Å²) in [5.41, 5.74) is 1.12. The van der Waals surface area contributed by atoms with Crippen molar-refractivity contribution >= 4 is 11.6 Å². The number of ether oxygens (including phenoxy) is 2. The van der Waals surface area contributed by atoms with E-state index >= 15 is 0 Å². The van der Waals surface area contributed by atoms with Crippen molar-refractivity contribution < 1.29 is 18.7 Å². The minimum atomic E-state index is -0.879. The van der Waals surface area contributed by atoms with Gasteiger partial charge in [-0.3, -0.25) is 14.7 Å². The summed E-state index contributed by atoms with van der Waals surface area (Å²) in [5, 5.41) is 2.95. The lowest BCUT2D eigenvalue weighted by Gasteiger charge is -2.35. The summed E-state index contributed by atoms with van der Waals surface area (Å²) in [7, 11) is 3.12. The van der Waals surface area contributed by atoms with Crippen LogP contribution in [0.4, 0.5) is 4.39 Å². The van der Waals surface area contributed by atoms with Crippen molar-refractivity contribution in [3.8, 4) is 11.5 Å². The molecule has 1 aliphatic heterocycles. The molecule has 1 amide bonds. The highest BCUT2D eigenvalue weighted by Gasteiger charge is 2.30. The van der Waals surface area contributed by atoms with Gasteiger partial charge in [0.25, 0.3) is 0 Å². The van der Waals surface area contributed by atoms with Gasteiger partial charge in [-0.1, -0.05) is 6.07 Å². The summed E-state index contributed by atoms with van der Waals surface area (Å²) in [4.78, 5) is 31.4. The number of carbonyl (C=O) groups excluding carboxylic acids is 1. The summed E-state index contributed by atoms with van der Waals surface area (Å²) in [5.74, 6) is 0.267. The number of benzene rings is 1. The van der Waals surface area contributed by atoms with Gasteiger partial charge in [0, 0.05) is 12.6 Å². The van der Waals surface area contributed by atoms with Crippen LogP contribution in [-0.2, 0) is 11.2 Å². The van der Waals surface area contributed by atoms with E-state index in [2.05, 4.69) is 10.1 Å². The topological polar surface area (TPSA) is 88.9 Å². The number of halogens is 1. The Morgan fingerprint density at radius 2 is 2.00 bits per heavy atom. The van der Waals surface area contributed by atoms with Gasteiger partial charge < -0.3 is 14.4 Å². The largest absolute Gasteiger partial charge is 0.493 e. The maximum atomic E-state index is 14.0. The highest BCUT2D eigenvalue weighted by molar-refractivity contribution is 5.79. The van der Waals surface area contributed by atoms with Crippen LogP contribution in [-0.4, -0.2) is 46.2 Å². The lowest BCUT2D eigenvalue weighted by atomic mass is 9.98. The molecule has 4 rings (SSSR count). The first-order valence-electron chi connectivity index (χ1n) is 10.2. The van der Waals surface area contributed by atoms with Crippen molar-refractivity contribution in [2.45, 2.75) is 38.6 Å². The third kappa shape index (κ3) is 3.87. The van der Waals surface area contributed by atoms with Crippen LogP contribution in [0.1, 0.15) is 42.3 Å². The molecule has 3 aromatic rings. The molecule has 0 bridgehead atoms. The second-order valence-electron chi connectivity index (χ2n) is 7.69. The summed E-state index contributed by atoms with van der Waals surface area (Å²) in [6.07, 6.45) is 2.82. The fourth-order valence-electron chi connectivity index (χ4n) is 4.12. The second kappa shape index (κ2) is 8.41. The van der Waals surface area contributed by atoms with Gasteiger partial charge in [-0.25, -0.2) is 4.98 Å². The molecule has 8 nitrogen and oxygen atoms in total. The smallest absolute Gasteiger partial charge is 0.308 e. The Hall–Kier alpha value is -3.36. The van der Waals surface area contributed by atoms with E-state index < -0.39 is 11.4 Å². The normalized spacial score (nSPS) is 16.5. The van der Waals surface area contributed by atoms with E-state index in [4.69, 9.17) is 9.47 Å². The van der Waals surface area contributed by atoms with Gasteiger partial charge in [0.2, 0.25) is 11.7 Å². The quantitative estimate of drug-likeness (QED) is 0.675. The zero-order valence-electron chi connectivity index (χ0n) is 17.8. The molecule has 0 saturated carbocycles. The third-order valence-corrected chi connectivity index (χ3v) is 5.73. The fraction of sp³-hybridized carbons (Fsp3) is 0.409. The van der Waals surface area contributed by atoms with E-state index in [-0.39, 0.29) is 24.1 Å². The molecule has 1 aromatic carbocycles. The van der Waals surface area contributed by atoms with Crippen LogP contribution in [0.3, 0.4) is 0 Å². The van der Waals surface area contributed by atoms with Gasteiger partial charge in [-0.15, -0.1) is 0 Å². The molecule has 1 saturated heterocycles. The van der Waals surface area contributed by atoms with Crippen LogP contribution in [0.5, 0.6) is 11.5 Å². The Labute approximate surface area is 178 Å². The van der Waals surface area contributed by atoms with E-state index in [1.54, 1.807) is 32.4 Å². The van der Waals surface area contributed by atoms with Gasteiger partial charge in [-0.2, -0.15) is 8.91 Å². The van der Waals surface area contributed by atoms with Crippen molar-refractivity contribution in [3.63, 3.8) is 0 Å². The lowest BCUT2D eigenvalue weighted by molar-refractivity contribution is -0.134. The first-order chi connectivity index (χ1) is 14.9. The van der Waals surface area contributed by atoms with Crippen LogP contribution in [0.25, 0.3) is 5.65 Å². The van der Waals surface area contributed by atoms with Crippen LogP contribution in [0.2, 0.25) is 0 Å². The number of hydrogen-bond donors (Lipinski definition) is 1. The minimum Gasteiger partial charge on any atom is -0.493 e. The minimum absolute atomic E-state index is 0.0294. The maximum absolute atomic E-state index is 14.0. The number of piperidine rings is 1. The number of nitrogens with one attached hydrogen (secondary N) is 1. The molecule has 0 aliphatic carbocycles. The summed E-state index contributed by atoms with van der Waals surface area (Å²) < 4.78 is 25.7. The number of amides is 1. The second-order valence-corrected chi connectivity index (χ2v) is 7.69. The van der Waals surface area contributed by atoms with Crippen molar-refractivity contribution in [2.24, 2.45) is 0 Å². The predicted molar refractivity (Wildman–Crippen MR) is 112 cm³/mol. The Morgan fingerprint density at radius 1 is 1.23 bits per heavy atom. The van der Waals surface area contributed by atoms with Gasteiger partial charge in [0.05, 0.1) is 38.1 Å². The van der Waals surface area contributed by atoms with Crippen molar-refractivity contribution in [3.05, 3.63) is 57.4 Å². The third-order valence-electron chi connectivity index (χ3n) is 5.73. The molecule has 1 fully saturated rings. The van der Waals surface area contributed by atoms with Crippen LogP contribution in [0.15, 0.2) is 29.1 Å². The molecule has 0 radical (unpaired) electrons. The first kappa shape index (κ1) is 20.9. The average Bonchev–Trinajstić information content (AvgIpc) is 3.21. The predicted octanol–water partition coefficient (Wildman–Crippen LogP) is 2.78. The fourth-order valence-corrected chi connectivity index (χ4v) is 4.12. The SMILES string of the molecule is COc1ccc(CC(=O)N2CCCC[C@H]2c2cc3nc(C)c(F)c(=O)n3[nH]2)cc1OC. The average molecular weight is 428 g/mol. The number of aromatic nitrogens is 3. The number of H-pyrrole nitrogens is 1. The van der Waals surface area contributed by atoms with Crippen LogP contribution < -0.4 is 15.0 Å². The highest BCUT2D eigenvalue weighted by Crippen LogP contribution is 2.32. The zero-order valence-corrected chi connectivity index (χ0v) is 17.8. The van der Waals surface area contributed by atoms with Crippen molar-refractivity contribution in [2.75, 3.05) is 20.8 Å². The van der Waals surface area contributed by atoms with Gasteiger partial charge in [-0.05, 0) is 43.9 Å². The molecule has 0 unspecified atom stereocenters. The molecule has 2 aromatic heterocycles. The number of methoxy groups -OCH3 is 2. The number of likely N-dealkylation sites (tertiary alicyclic amines) is 1. The van der Waals surface area contributed by atoms with E-state index in [1.165, 1.54) is 6.92 Å². The molecule has 31 heavy (non-hydrogen) atoms. The van der Waals surface area contributed by atoms with Gasteiger partial charge >= 0.3 is 5.56 Å². The number of rotatable bonds is 5. The number of fused-ring (bicyclic) bond motifs is 1. The number of nitrogens with zero attached hydrogens (tertiary/aromatic N) is 3. The summed E-state index contributed by atoms with van der Waals surface area (Å²) in [6.45, 7) is 2.07. The summed E-state index contributed by atoms with van der Waals surface area (Å²) in [6, 6.07) is 6.91. The zero-order chi connectivity index (χ0) is 22.1. The first-order valence-corrected chi connectivity index (χ1v) is 10.2. The van der Waals surface area contributed by atoms with Crippen molar-refractivity contribution in [1.29, 1.82) is 0 Å². The van der Waals surface area contributed by atoms with E-state index in [1.807, 2.05) is 11.0 Å². The molecular formula is C22H25FN4O4. The molecule has 1 atom stereocenters. The molecule has 1 N–H and O–H groups in total. The highest BCUT2D eigenvalue weighted by atomic mass is 19.1. The van der Waals surface area contributed by atoms with E-state index in [0.29, 0.717) is 29.4 Å². The van der Waals surface area contributed by atoms with Gasteiger partial charge in [0.1, 0.15) is 0 Å². The number of aryl methyl sites for hydroxylation is 1. The Bertz CT molecular complexity index is 1190. The van der Waals surface area contributed by atoms with E-state index in [9.17, 15) is 14.0 Å². The maximum Gasteiger partial charge on any atom is 0.308 e. The molecular weight excluding hydrogens is 403 g/mol. The van der Waals surface area contributed by atoms with Crippen LogP contribution >= 0.6 is 0 Å². The Morgan fingerprint density at radius 3 is 2.74 bits per heavy atom. The Balaban J connectivity index is 1.62. The summed E-state index contributed by atoms with van der Waals surface area (Å²) >= 11 is 0. The number of carbonyl (C=O) groups is 1. The lowest BCUT2D eigenvalue weighted by Crippen LogP contribution is -2.39. The number of aromatic amines is 1. The Kier molecular flexibility index (Phi) is 5.67. The monoisotopic (exact) mass is 428 g/mol.